The second-order valence-corrected chi connectivity index (χ2v) is 4.15. The van der Waals surface area contributed by atoms with Crippen LogP contribution < -0.4 is 10.6 Å². The van der Waals surface area contributed by atoms with Gasteiger partial charge in [0.15, 0.2) is 0 Å². The third kappa shape index (κ3) is 3.39. The molecule has 0 saturated carbocycles. The van der Waals surface area contributed by atoms with Crippen molar-refractivity contribution in [2.45, 2.75) is 6.92 Å². The molecule has 1 aromatic rings. The normalized spacial score (nSPS) is 9.56. The number of thiophene rings is 1. The first-order valence-electron chi connectivity index (χ1n) is 4.50. The smallest absolute Gasteiger partial charge is 0.338 e. The van der Waals surface area contributed by atoms with E-state index in [1.54, 1.807) is 12.3 Å². The summed E-state index contributed by atoms with van der Waals surface area (Å²) in [6.07, 6.45) is 0. The summed E-state index contributed by atoms with van der Waals surface area (Å²) < 4.78 is 0. The second kappa shape index (κ2) is 5.32. The van der Waals surface area contributed by atoms with E-state index < -0.39 is 12.0 Å². The summed E-state index contributed by atoms with van der Waals surface area (Å²) >= 11 is 1.17. The number of amides is 2. The van der Waals surface area contributed by atoms with Gasteiger partial charge in [0.25, 0.3) is 0 Å². The molecule has 0 saturated heterocycles. The van der Waals surface area contributed by atoms with Gasteiger partial charge >= 0.3 is 12.0 Å². The lowest BCUT2D eigenvalue weighted by molar-refractivity contribution is 0.0698. The highest BCUT2D eigenvalue weighted by Crippen LogP contribution is 2.22. The average molecular weight is 240 g/mol. The summed E-state index contributed by atoms with van der Waals surface area (Å²) in [5.74, 6) is -1.06. The Morgan fingerprint density at radius 1 is 1.56 bits per heavy atom. The third-order valence-corrected chi connectivity index (χ3v) is 2.50. The fourth-order valence-electron chi connectivity index (χ4n) is 0.953. The van der Waals surface area contributed by atoms with Gasteiger partial charge in [-0.1, -0.05) is 12.2 Å². The molecule has 0 radical (unpaired) electrons. The van der Waals surface area contributed by atoms with Crippen LogP contribution in [0.1, 0.15) is 17.3 Å². The summed E-state index contributed by atoms with van der Waals surface area (Å²) in [6.45, 7) is 5.78. The number of hydrogen-bond donors (Lipinski definition) is 3. The van der Waals surface area contributed by atoms with Crippen molar-refractivity contribution in [1.82, 2.24) is 5.32 Å². The molecule has 6 heteroatoms. The van der Waals surface area contributed by atoms with Gasteiger partial charge in [0.2, 0.25) is 0 Å². The van der Waals surface area contributed by atoms with Crippen molar-refractivity contribution < 1.29 is 14.7 Å². The molecule has 86 valence electrons. The van der Waals surface area contributed by atoms with Crippen LogP contribution in [0.4, 0.5) is 9.80 Å². The number of nitrogens with one attached hydrogen (secondary N) is 2. The Hall–Kier alpha value is -1.82. The summed E-state index contributed by atoms with van der Waals surface area (Å²) in [5, 5.41) is 15.8. The maximum absolute atomic E-state index is 11.3. The van der Waals surface area contributed by atoms with Crippen molar-refractivity contribution in [1.29, 1.82) is 0 Å². The number of aromatic carboxylic acids is 1. The van der Waals surface area contributed by atoms with E-state index in [0.717, 1.165) is 5.57 Å². The molecule has 0 unspecified atom stereocenters. The van der Waals surface area contributed by atoms with Gasteiger partial charge < -0.3 is 10.4 Å². The molecular formula is C10H12N2O3S. The lowest BCUT2D eigenvalue weighted by Crippen LogP contribution is -2.30. The lowest BCUT2D eigenvalue weighted by Gasteiger charge is -2.06. The lowest BCUT2D eigenvalue weighted by atomic mass is 10.3. The van der Waals surface area contributed by atoms with Crippen LogP contribution in [0.25, 0.3) is 0 Å². The van der Waals surface area contributed by atoms with E-state index >= 15 is 0 Å². The van der Waals surface area contributed by atoms with Gasteiger partial charge in [-0.3, -0.25) is 5.32 Å². The van der Waals surface area contributed by atoms with E-state index in [9.17, 15) is 9.59 Å². The summed E-state index contributed by atoms with van der Waals surface area (Å²) in [5.41, 5.74) is 0.912. The largest absolute Gasteiger partial charge is 0.478 e. The first-order valence-corrected chi connectivity index (χ1v) is 5.38. The molecule has 0 aliphatic heterocycles. The van der Waals surface area contributed by atoms with E-state index in [1.165, 1.54) is 17.4 Å². The van der Waals surface area contributed by atoms with E-state index in [2.05, 4.69) is 17.2 Å². The fraction of sp³-hybridized carbons (Fsp3) is 0.200. The molecule has 5 nitrogen and oxygen atoms in total. The zero-order chi connectivity index (χ0) is 12.1. The molecule has 1 heterocycles. The predicted molar refractivity (Wildman–Crippen MR) is 63.1 cm³/mol. The molecular weight excluding hydrogens is 228 g/mol. The minimum atomic E-state index is -1.06. The number of carboxylic acid groups (broad SMARTS) is 1. The average Bonchev–Trinajstić information content (AvgIpc) is 2.62. The van der Waals surface area contributed by atoms with Crippen LogP contribution in [0.5, 0.6) is 0 Å². The molecule has 0 aliphatic rings. The number of carbonyl (C=O) groups is 2. The fourth-order valence-corrected chi connectivity index (χ4v) is 1.73. The molecule has 16 heavy (non-hydrogen) atoms. The first kappa shape index (κ1) is 12.3. The Kier molecular flexibility index (Phi) is 4.07. The molecule has 3 N–H and O–H groups in total. The van der Waals surface area contributed by atoms with Crippen LogP contribution in [0.2, 0.25) is 0 Å². The first-order chi connectivity index (χ1) is 7.50. The summed E-state index contributed by atoms with van der Waals surface area (Å²) in [6, 6.07) is 1.01. The van der Waals surface area contributed by atoms with Crippen LogP contribution in [-0.2, 0) is 0 Å². The number of urea groups is 1. The van der Waals surface area contributed by atoms with Gasteiger partial charge in [-0.25, -0.2) is 9.59 Å². The molecule has 0 bridgehead atoms. The molecule has 0 aromatic carbocycles. The zero-order valence-electron chi connectivity index (χ0n) is 8.74. The van der Waals surface area contributed by atoms with E-state index in [0.29, 0.717) is 11.5 Å². The van der Waals surface area contributed by atoms with Gasteiger partial charge in [0.05, 0.1) is 5.56 Å². The standard InChI is InChI=1S/C10H12N2O3S/c1-6(2)5-11-10(15)12-8-7(9(13)14)3-4-16-8/h3-4H,1,5H2,2H3,(H,13,14)(H2,11,12,15). The highest BCUT2D eigenvalue weighted by molar-refractivity contribution is 7.14. The second-order valence-electron chi connectivity index (χ2n) is 3.23. The van der Waals surface area contributed by atoms with Gasteiger partial charge in [0.1, 0.15) is 5.00 Å². The summed E-state index contributed by atoms with van der Waals surface area (Å²) in [7, 11) is 0. The Morgan fingerprint density at radius 2 is 2.25 bits per heavy atom. The Labute approximate surface area is 96.8 Å². The molecule has 0 spiro atoms. The molecule has 0 aliphatic carbocycles. The van der Waals surface area contributed by atoms with Crippen LogP contribution in [-0.4, -0.2) is 23.7 Å². The molecule has 0 atom stereocenters. The quantitative estimate of drug-likeness (QED) is 0.705. The van der Waals surface area contributed by atoms with Gasteiger partial charge in [-0.15, -0.1) is 11.3 Å². The molecule has 2 amide bonds. The number of rotatable bonds is 4. The van der Waals surface area contributed by atoms with Crippen LogP contribution in [0.3, 0.4) is 0 Å². The van der Waals surface area contributed by atoms with Crippen molar-refractivity contribution in [3.05, 3.63) is 29.2 Å². The minimum absolute atomic E-state index is 0.0930. The minimum Gasteiger partial charge on any atom is -0.478 e. The SMILES string of the molecule is C=C(C)CNC(=O)Nc1sccc1C(=O)O. The zero-order valence-corrected chi connectivity index (χ0v) is 9.56. The van der Waals surface area contributed by atoms with Crippen LogP contribution >= 0.6 is 11.3 Å². The Morgan fingerprint density at radius 3 is 2.81 bits per heavy atom. The van der Waals surface area contributed by atoms with Gasteiger partial charge in [0, 0.05) is 6.54 Å². The van der Waals surface area contributed by atoms with E-state index in [4.69, 9.17) is 5.11 Å². The monoisotopic (exact) mass is 240 g/mol. The highest BCUT2D eigenvalue weighted by atomic mass is 32.1. The third-order valence-electron chi connectivity index (χ3n) is 1.67. The molecule has 0 fully saturated rings. The van der Waals surface area contributed by atoms with Crippen LogP contribution in [0, 0.1) is 0 Å². The molecule has 1 rings (SSSR count). The summed E-state index contributed by atoms with van der Waals surface area (Å²) in [4.78, 5) is 22.1. The van der Waals surface area contributed by atoms with Gasteiger partial charge in [-0.2, -0.15) is 0 Å². The van der Waals surface area contributed by atoms with Gasteiger partial charge in [-0.05, 0) is 18.4 Å². The maximum Gasteiger partial charge on any atom is 0.338 e. The van der Waals surface area contributed by atoms with Crippen LogP contribution in [0.15, 0.2) is 23.6 Å². The molecule has 1 aromatic heterocycles. The maximum atomic E-state index is 11.3. The number of hydrogen-bond acceptors (Lipinski definition) is 3. The van der Waals surface area contributed by atoms with E-state index in [-0.39, 0.29) is 5.56 Å². The Balaban J connectivity index is 2.59. The highest BCUT2D eigenvalue weighted by Gasteiger charge is 2.13. The van der Waals surface area contributed by atoms with Crippen molar-refractivity contribution in [3.63, 3.8) is 0 Å². The van der Waals surface area contributed by atoms with E-state index in [1.807, 2.05) is 0 Å². The number of carbonyl (C=O) groups excluding carboxylic acids is 1. The van der Waals surface area contributed by atoms with Crippen molar-refractivity contribution >= 4 is 28.3 Å². The number of anilines is 1. The van der Waals surface area contributed by atoms with Crippen molar-refractivity contribution in [2.24, 2.45) is 0 Å². The van der Waals surface area contributed by atoms with Crippen molar-refractivity contribution in [2.75, 3.05) is 11.9 Å². The predicted octanol–water partition coefficient (Wildman–Crippen LogP) is 2.14. The topological polar surface area (TPSA) is 78.4 Å². The Bertz CT molecular complexity index is 425. The van der Waals surface area contributed by atoms with Crippen molar-refractivity contribution in [3.8, 4) is 0 Å². The number of carboxylic acids is 1.